The van der Waals surface area contributed by atoms with E-state index in [0.717, 1.165) is 18.7 Å². The molecule has 0 saturated carbocycles. The Morgan fingerprint density at radius 3 is 2.29 bits per heavy atom. The fraction of sp³-hybridized carbons (Fsp3) is 0.750. The summed E-state index contributed by atoms with van der Waals surface area (Å²) in [5.74, 6) is 0. The molecule has 0 heterocycles. The maximum Gasteiger partial charge on any atom is 0.0527 e. The van der Waals surface area contributed by atoms with Gasteiger partial charge in [0.15, 0.2) is 0 Å². The third-order valence-electron chi connectivity index (χ3n) is 1.59. The standard InChI is InChI=1S/C12H24N2/c1-7-8-13-10(2)9-11(3)14-12(4,5)6/h9,13H,7-8H2,1-6H3/b10-9-,14-11+. The van der Waals surface area contributed by atoms with Gasteiger partial charge in [-0.3, -0.25) is 4.99 Å². The third kappa shape index (κ3) is 7.84. The molecule has 0 aromatic carbocycles. The molecule has 2 heteroatoms. The lowest BCUT2D eigenvalue weighted by Crippen LogP contribution is -2.15. The van der Waals surface area contributed by atoms with E-state index in [4.69, 9.17) is 0 Å². The fourth-order valence-corrected chi connectivity index (χ4v) is 1.25. The van der Waals surface area contributed by atoms with E-state index < -0.39 is 0 Å². The molecule has 0 unspecified atom stereocenters. The molecule has 0 aliphatic heterocycles. The van der Waals surface area contributed by atoms with Crippen LogP contribution in [0, 0.1) is 0 Å². The predicted octanol–water partition coefficient (Wildman–Crippen LogP) is 3.15. The molecule has 0 spiro atoms. The van der Waals surface area contributed by atoms with Gasteiger partial charge in [0.1, 0.15) is 0 Å². The summed E-state index contributed by atoms with van der Waals surface area (Å²) in [6, 6.07) is 0. The van der Waals surface area contributed by atoms with Crippen molar-refractivity contribution in [3.63, 3.8) is 0 Å². The average Bonchev–Trinajstić information content (AvgIpc) is 1.96. The predicted molar refractivity (Wildman–Crippen MR) is 64.9 cm³/mol. The second-order valence-corrected chi connectivity index (χ2v) is 4.68. The molecule has 1 N–H and O–H groups in total. The molecule has 0 saturated heterocycles. The summed E-state index contributed by atoms with van der Waals surface area (Å²) in [5.41, 5.74) is 2.29. The zero-order valence-corrected chi connectivity index (χ0v) is 10.4. The van der Waals surface area contributed by atoms with Crippen LogP contribution < -0.4 is 5.32 Å². The quantitative estimate of drug-likeness (QED) is 0.686. The highest BCUT2D eigenvalue weighted by Crippen LogP contribution is 2.07. The summed E-state index contributed by atoms with van der Waals surface area (Å²) in [6.45, 7) is 13.7. The van der Waals surface area contributed by atoms with Gasteiger partial charge in [-0.25, -0.2) is 0 Å². The van der Waals surface area contributed by atoms with Gasteiger partial charge in [0.25, 0.3) is 0 Å². The van der Waals surface area contributed by atoms with Crippen LogP contribution in [0.1, 0.15) is 48.0 Å². The van der Waals surface area contributed by atoms with Crippen molar-refractivity contribution in [2.45, 2.75) is 53.5 Å². The van der Waals surface area contributed by atoms with Gasteiger partial charge in [-0.1, -0.05) is 6.92 Å². The highest BCUT2D eigenvalue weighted by atomic mass is 14.9. The van der Waals surface area contributed by atoms with Crippen molar-refractivity contribution in [2.24, 2.45) is 4.99 Å². The minimum Gasteiger partial charge on any atom is -0.389 e. The van der Waals surface area contributed by atoms with Gasteiger partial charge in [0, 0.05) is 18.0 Å². The van der Waals surface area contributed by atoms with Gasteiger partial charge < -0.3 is 5.32 Å². The third-order valence-corrected chi connectivity index (χ3v) is 1.59. The second kappa shape index (κ2) is 5.84. The maximum atomic E-state index is 4.56. The second-order valence-electron chi connectivity index (χ2n) is 4.68. The lowest BCUT2D eigenvalue weighted by atomic mass is 10.1. The molecule has 0 aliphatic rings. The van der Waals surface area contributed by atoms with Crippen molar-refractivity contribution in [1.82, 2.24) is 5.32 Å². The lowest BCUT2D eigenvalue weighted by molar-refractivity contribution is 0.584. The zero-order valence-electron chi connectivity index (χ0n) is 10.4. The summed E-state index contributed by atoms with van der Waals surface area (Å²) in [6.07, 6.45) is 3.25. The van der Waals surface area contributed by atoms with E-state index in [0.29, 0.717) is 0 Å². The van der Waals surface area contributed by atoms with Crippen LogP contribution in [0.4, 0.5) is 0 Å². The first-order chi connectivity index (χ1) is 6.35. The SMILES string of the molecule is CCCN/C(C)=C\C(C)=N\C(C)(C)C. The number of nitrogens with zero attached hydrogens (tertiary/aromatic N) is 1. The highest BCUT2D eigenvalue weighted by Gasteiger charge is 2.06. The lowest BCUT2D eigenvalue weighted by Gasteiger charge is -2.13. The molecule has 2 nitrogen and oxygen atoms in total. The Hall–Kier alpha value is -0.790. The Labute approximate surface area is 88.5 Å². The van der Waals surface area contributed by atoms with Crippen molar-refractivity contribution in [1.29, 1.82) is 0 Å². The Balaban J connectivity index is 4.27. The average molecular weight is 196 g/mol. The van der Waals surface area contributed by atoms with Gasteiger partial charge in [-0.2, -0.15) is 0 Å². The van der Waals surface area contributed by atoms with Gasteiger partial charge >= 0.3 is 0 Å². The molecule has 0 aromatic rings. The van der Waals surface area contributed by atoms with Crippen molar-refractivity contribution in [3.8, 4) is 0 Å². The molecule has 0 aromatic heterocycles. The van der Waals surface area contributed by atoms with Crippen LogP contribution in [0.15, 0.2) is 16.8 Å². The summed E-state index contributed by atoms with van der Waals surface area (Å²) < 4.78 is 0. The Bertz CT molecular complexity index is 219. The summed E-state index contributed by atoms with van der Waals surface area (Å²) in [7, 11) is 0. The topological polar surface area (TPSA) is 24.4 Å². The molecular formula is C12H24N2. The Kier molecular flexibility index (Phi) is 5.51. The van der Waals surface area contributed by atoms with E-state index in [2.05, 4.69) is 51.0 Å². The van der Waals surface area contributed by atoms with Crippen LogP contribution in [-0.4, -0.2) is 17.8 Å². The van der Waals surface area contributed by atoms with Crippen LogP contribution in [0.3, 0.4) is 0 Å². The van der Waals surface area contributed by atoms with Crippen LogP contribution >= 0.6 is 0 Å². The van der Waals surface area contributed by atoms with E-state index in [1.807, 2.05) is 6.92 Å². The smallest absolute Gasteiger partial charge is 0.0527 e. The molecule has 82 valence electrons. The molecule has 0 amide bonds. The summed E-state index contributed by atoms with van der Waals surface area (Å²) in [5, 5.41) is 3.33. The first-order valence-electron chi connectivity index (χ1n) is 5.34. The molecule has 0 bridgehead atoms. The highest BCUT2D eigenvalue weighted by molar-refractivity contribution is 5.93. The van der Waals surface area contributed by atoms with Crippen molar-refractivity contribution < 1.29 is 0 Å². The summed E-state index contributed by atoms with van der Waals surface area (Å²) >= 11 is 0. The molecule has 14 heavy (non-hydrogen) atoms. The first-order valence-corrected chi connectivity index (χ1v) is 5.34. The monoisotopic (exact) mass is 196 g/mol. The van der Waals surface area contributed by atoms with Crippen molar-refractivity contribution in [3.05, 3.63) is 11.8 Å². The molecule has 0 rings (SSSR count). The minimum absolute atomic E-state index is 0.0195. The van der Waals surface area contributed by atoms with Crippen LogP contribution in [0.5, 0.6) is 0 Å². The van der Waals surface area contributed by atoms with Crippen LogP contribution in [0.2, 0.25) is 0 Å². The number of hydrogen-bond acceptors (Lipinski definition) is 2. The zero-order chi connectivity index (χ0) is 11.2. The first kappa shape index (κ1) is 13.2. The number of rotatable bonds is 4. The maximum absolute atomic E-state index is 4.56. The van der Waals surface area contributed by atoms with Crippen molar-refractivity contribution >= 4 is 5.71 Å². The molecular weight excluding hydrogens is 172 g/mol. The van der Waals surface area contributed by atoms with E-state index in [9.17, 15) is 0 Å². The number of aliphatic imine (C=N–C) groups is 1. The minimum atomic E-state index is 0.0195. The van der Waals surface area contributed by atoms with Crippen LogP contribution in [-0.2, 0) is 0 Å². The van der Waals surface area contributed by atoms with E-state index in [1.54, 1.807) is 0 Å². The number of hydrogen-bond donors (Lipinski definition) is 1. The molecule has 0 fully saturated rings. The summed E-state index contributed by atoms with van der Waals surface area (Å²) in [4.78, 5) is 4.56. The normalized spacial score (nSPS) is 14.4. The van der Waals surface area contributed by atoms with Crippen molar-refractivity contribution in [2.75, 3.05) is 6.54 Å². The van der Waals surface area contributed by atoms with E-state index >= 15 is 0 Å². The molecule has 0 radical (unpaired) electrons. The van der Waals surface area contributed by atoms with E-state index in [-0.39, 0.29) is 5.54 Å². The number of allylic oxidation sites excluding steroid dienone is 2. The fourth-order valence-electron chi connectivity index (χ4n) is 1.25. The van der Waals surface area contributed by atoms with Crippen LogP contribution in [0.25, 0.3) is 0 Å². The molecule has 0 aliphatic carbocycles. The van der Waals surface area contributed by atoms with Gasteiger partial charge in [-0.15, -0.1) is 0 Å². The molecule has 0 atom stereocenters. The van der Waals surface area contributed by atoms with Gasteiger partial charge in [0.05, 0.1) is 5.54 Å². The Morgan fingerprint density at radius 2 is 1.86 bits per heavy atom. The van der Waals surface area contributed by atoms with E-state index in [1.165, 1.54) is 5.70 Å². The number of nitrogens with one attached hydrogen (secondary N) is 1. The Morgan fingerprint density at radius 1 is 1.29 bits per heavy atom. The van der Waals surface area contributed by atoms with Gasteiger partial charge in [-0.05, 0) is 47.1 Å². The van der Waals surface area contributed by atoms with Gasteiger partial charge in [0.2, 0.25) is 0 Å². The largest absolute Gasteiger partial charge is 0.389 e.